The zero-order valence-electron chi connectivity index (χ0n) is 14.0. The van der Waals surface area contributed by atoms with Gasteiger partial charge in [0.25, 0.3) is 0 Å². The van der Waals surface area contributed by atoms with Crippen LogP contribution in [0.3, 0.4) is 0 Å². The molecule has 0 aromatic carbocycles. The SMILES string of the molecule is CCOc1cccc(Cc2noc(C3CCCN3c3nccs3)n2)n1. The molecule has 25 heavy (non-hydrogen) atoms. The maximum Gasteiger partial charge on any atom is 0.249 e. The van der Waals surface area contributed by atoms with Crippen molar-refractivity contribution in [2.24, 2.45) is 0 Å². The van der Waals surface area contributed by atoms with E-state index in [0.29, 0.717) is 30.6 Å². The van der Waals surface area contributed by atoms with Crippen molar-refractivity contribution in [3.8, 4) is 5.88 Å². The Labute approximate surface area is 149 Å². The van der Waals surface area contributed by atoms with Gasteiger partial charge in [0.1, 0.15) is 6.04 Å². The van der Waals surface area contributed by atoms with Gasteiger partial charge in [-0.2, -0.15) is 4.98 Å². The van der Waals surface area contributed by atoms with Gasteiger partial charge >= 0.3 is 0 Å². The first kappa shape index (κ1) is 16.0. The number of nitrogens with zero attached hydrogens (tertiary/aromatic N) is 5. The van der Waals surface area contributed by atoms with Crippen LogP contribution in [-0.4, -0.2) is 33.3 Å². The predicted molar refractivity (Wildman–Crippen MR) is 93.9 cm³/mol. The molecule has 8 heteroatoms. The molecule has 0 amide bonds. The number of ether oxygens (including phenoxy) is 1. The average molecular weight is 357 g/mol. The van der Waals surface area contributed by atoms with Crippen LogP contribution in [0.4, 0.5) is 5.13 Å². The lowest BCUT2D eigenvalue weighted by Crippen LogP contribution is -2.22. The Bertz CT molecular complexity index is 820. The third-order valence-corrected chi connectivity index (χ3v) is 4.91. The number of hydrogen-bond donors (Lipinski definition) is 0. The molecule has 0 aliphatic carbocycles. The van der Waals surface area contributed by atoms with E-state index in [-0.39, 0.29) is 6.04 Å². The van der Waals surface area contributed by atoms with Gasteiger partial charge in [0.2, 0.25) is 11.8 Å². The first-order chi connectivity index (χ1) is 12.3. The van der Waals surface area contributed by atoms with Gasteiger partial charge in [-0.05, 0) is 25.8 Å². The molecule has 0 spiro atoms. The predicted octanol–water partition coefficient (Wildman–Crippen LogP) is 3.25. The molecule has 3 aromatic heterocycles. The van der Waals surface area contributed by atoms with E-state index in [0.717, 1.165) is 30.2 Å². The summed E-state index contributed by atoms with van der Waals surface area (Å²) >= 11 is 1.64. The molecule has 1 unspecified atom stereocenters. The summed E-state index contributed by atoms with van der Waals surface area (Å²) in [5.41, 5.74) is 0.863. The molecule has 1 aliphatic heterocycles. The quantitative estimate of drug-likeness (QED) is 0.670. The largest absolute Gasteiger partial charge is 0.478 e. The molecule has 3 aromatic rings. The molecule has 1 atom stereocenters. The van der Waals surface area contributed by atoms with E-state index in [4.69, 9.17) is 9.26 Å². The van der Waals surface area contributed by atoms with Gasteiger partial charge in [-0.15, -0.1) is 11.3 Å². The van der Waals surface area contributed by atoms with E-state index >= 15 is 0 Å². The lowest BCUT2D eigenvalue weighted by molar-refractivity contribution is 0.326. The number of anilines is 1. The molecular formula is C17H19N5O2S. The number of aromatic nitrogens is 4. The molecule has 4 rings (SSSR count). The van der Waals surface area contributed by atoms with Crippen molar-refractivity contribution in [1.82, 2.24) is 20.1 Å². The number of pyridine rings is 1. The van der Waals surface area contributed by atoms with Crippen molar-refractivity contribution in [1.29, 1.82) is 0 Å². The first-order valence-electron chi connectivity index (χ1n) is 8.41. The van der Waals surface area contributed by atoms with Crippen LogP contribution in [0.5, 0.6) is 5.88 Å². The van der Waals surface area contributed by atoms with Gasteiger partial charge in [0, 0.05) is 24.2 Å². The third kappa shape index (κ3) is 3.48. The summed E-state index contributed by atoms with van der Waals surface area (Å²) in [6.45, 7) is 3.50. The van der Waals surface area contributed by atoms with Crippen LogP contribution in [0.25, 0.3) is 0 Å². The fourth-order valence-electron chi connectivity index (χ4n) is 3.03. The summed E-state index contributed by atoms with van der Waals surface area (Å²) in [5, 5.41) is 7.13. The van der Waals surface area contributed by atoms with Crippen molar-refractivity contribution in [2.75, 3.05) is 18.1 Å². The van der Waals surface area contributed by atoms with E-state index in [1.807, 2.05) is 36.7 Å². The van der Waals surface area contributed by atoms with Crippen molar-refractivity contribution < 1.29 is 9.26 Å². The molecule has 1 fully saturated rings. The lowest BCUT2D eigenvalue weighted by Gasteiger charge is -2.20. The second kappa shape index (κ2) is 7.18. The Hall–Kier alpha value is -2.48. The Morgan fingerprint density at radius 1 is 1.36 bits per heavy atom. The van der Waals surface area contributed by atoms with E-state index in [9.17, 15) is 0 Å². The van der Waals surface area contributed by atoms with Crippen molar-refractivity contribution in [3.63, 3.8) is 0 Å². The molecule has 0 N–H and O–H groups in total. The Morgan fingerprint density at radius 2 is 2.32 bits per heavy atom. The number of hydrogen-bond acceptors (Lipinski definition) is 8. The number of thiazole rings is 1. The third-order valence-electron chi connectivity index (χ3n) is 4.10. The summed E-state index contributed by atoms with van der Waals surface area (Å²) in [6.07, 6.45) is 4.44. The molecule has 4 heterocycles. The van der Waals surface area contributed by atoms with Crippen LogP contribution in [0.2, 0.25) is 0 Å². The van der Waals surface area contributed by atoms with Crippen LogP contribution < -0.4 is 9.64 Å². The fraction of sp³-hybridized carbons (Fsp3) is 0.412. The van der Waals surface area contributed by atoms with Gasteiger partial charge in [-0.3, -0.25) is 0 Å². The zero-order valence-corrected chi connectivity index (χ0v) is 14.8. The van der Waals surface area contributed by atoms with Crippen LogP contribution >= 0.6 is 11.3 Å². The first-order valence-corrected chi connectivity index (χ1v) is 9.29. The van der Waals surface area contributed by atoms with Gasteiger partial charge < -0.3 is 14.2 Å². The lowest BCUT2D eigenvalue weighted by atomic mass is 10.2. The van der Waals surface area contributed by atoms with Gasteiger partial charge in [-0.1, -0.05) is 11.2 Å². The normalized spacial score (nSPS) is 17.2. The maximum absolute atomic E-state index is 5.54. The highest BCUT2D eigenvalue weighted by atomic mass is 32.1. The van der Waals surface area contributed by atoms with Gasteiger partial charge in [0.15, 0.2) is 11.0 Å². The van der Waals surface area contributed by atoms with Crippen LogP contribution in [0.15, 0.2) is 34.3 Å². The summed E-state index contributed by atoms with van der Waals surface area (Å²) in [7, 11) is 0. The Morgan fingerprint density at radius 3 is 3.16 bits per heavy atom. The second-order valence-electron chi connectivity index (χ2n) is 5.79. The van der Waals surface area contributed by atoms with Gasteiger partial charge in [-0.25, -0.2) is 9.97 Å². The summed E-state index contributed by atoms with van der Waals surface area (Å²) in [4.78, 5) is 15.7. The van der Waals surface area contributed by atoms with Crippen molar-refractivity contribution in [3.05, 3.63) is 47.2 Å². The minimum atomic E-state index is 0.107. The Kier molecular flexibility index (Phi) is 4.60. The van der Waals surface area contributed by atoms with Gasteiger partial charge in [0.05, 0.1) is 18.7 Å². The fourth-order valence-corrected chi connectivity index (χ4v) is 3.75. The average Bonchev–Trinajstić information content (AvgIpc) is 3.36. The van der Waals surface area contributed by atoms with Crippen LogP contribution in [0, 0.1) is 0 Å². The molecular weight excluding hydrogens is 338 g/mol. The van der Waals surface area contributed by atoms with Crippen LogP contribution in [0.1, 0.15) is 43.2 Å². The van der Waals surface area contributed by atoms with E-state index < -0.39 is 0 Å². The Balaban J connectivity index is 1.49. The van der Waals surface area contributed by atoms with E-state index in [1.165, 1.54) is 0 Å². The minimum Gasteiger partial charge on any atom is -0.478 e. The topological polar surface area (TPSA) is 77.2 Å². The molecule has 0 saturated carbocycles. The van der Waals surface area contributed by atoms with Crippen LogP contribution in [-0.2, 0) is 6.42 Å². The number of rotatable bonds is 6. The summed E-state index contributed by atoms with van der Waals surface area (Å²) < 4.78 is 11.0. The second-order valence-corrected chi connectivity index (χ2v) is 6.66. The molecule has 130 valence electrons. The standard InChI is InChI=1S/C17H19N5O2S/c1-2-23-15-7-3-5-12(19-15)11-14-20-16(24-21-14)13-6-4-9-22(13)17-18-8-10-25-17/h3,5,7-8,10,13H,2,4,6,9,11H2,1H3. The molecule has 1 aliphatic rings. The highest BCUT2D eigenvalue weighted by Crippen LogP contribution is 2.36. The van der Waals surface area contributed by atoms with E-state index in [2.05, 4.69) is 25.0 Å². The molecule has 0 bridgehead atoms. The zero-order chi connectivity index (χ0) is 17.1. The smallest absolute Gasteiger partial charge is 0.249 e. The van der Waals surface area contributed by atoms with Crippen molar-refractivity contribution >= 4 is 16.5 Å². The summed E-state index contributed by atoms with van der Waals surface area (Å²) in [6, 6.07) is 5.82. The summed E-state index contributed by atoms with van der Waals surface area (Å²) in [5.74, 6) is 1.92. The molecule has 7 nitrogen and oxygen atoms in total. The highest BCUT2D eigenvalue weighted by Gasteiger charge is 2.32. The van der Waals surface area contributed by atoms with Crippen molar-refractivity contribution in [2.45, 2.75) is 32.2 Å². The monoisotopic (exact) mass is 357 g/mol. The minimum absolute atomic E-state index is 0.107. The molecule has 0 radical (unpaired) electrons. The maximum atomic E-state index is 5.54. The van der Waals surface area contributed by atoms with E-state index in [1.54, 1.807) is 11.3 Å². The highest BCUT2D eigenvalue weighted by molar-refractivity contribution is 7.13. The molecule has 1 saturated heterocycles.